The second-order valence-corrected chi connectivity index (χ2v) is 9.90. The van der Waals surface area contributed by atoms with Gasteiger partial charge in [0.15, 0.2) is 0 Å². The summed E-state index contributed by atoms with van der Waals surface area (Å²) in [4.78, 5) is 31.4. The van der Waals surface area contributed by atoms with E-state index in [2.05, 4.69) is 24.1 Å². The van der Waals surface area contributed by atoms with Gasteiger partial charge in [-0.05, 0) is 60.6 Å². The summed E-state index contributed by atoms with van der Waals surface area (Å²) in [6.07, 6.45) is 1.81. The summed E-state index contributed by atoms with van der Waals surface area (Å²) in [5.74, 6) is 1.30. The molecule has 0 aliphatic carbocycles. The van der Waals surface area contributed by atoms with Gasteiger partial charge in [-0.1, -0.05) is 38.1 Å². The summed E-state index contributed by atoms with van der Waals surface area (Å²) in [6.45, 7) is 6.73. The van der Waals surface area contributed by atoms with Gasteiger partial charge in [0.25, 0.3) is 0 Å². The third-order valence-electron chi connectivity index (χ3n) is 7.04. The lowest BCUT2D eigenvalue weighted by atomic mass is 9.80. The van der Waals surface area contributed by atoms with Crippen LogP contribution >= 0.6 is 0 Å². The number of phenols is 1. The minimum absolute atomic E-state index is 0.0103. The molecule has 0 aromatic heterocycles. The molecule has 2 aromatic rings. The number of piperazine rings is 1. The van der Waals surface area contributed by atoms with Crippen LogP contribution in [0, 0.1) is 5.92 Å². The van der Waals surface area contributed by atoms with E-state index in [1.54, 1.807) is 19.2 Å². The van der Waals surface area contributed by atoms with Crippen LogP contribution in [0.5, 0.6) is 11.5 Å². The SMILES string of the molecule is COc1ccc(CN2C(=O)C(CC(C)C)NC(=O)C23CCN(Cc2ccc(O)cc2)CC3)cc1. The van der Waals surface area contributed by atoms with Crippen LogP contribution in [0.2, 0.25) is 0 Å². The molecule has 4 rings (SSSR count). The molecule has 1 atom stereocenters. The Morgan fingerprint density at radius 3 is 2.18 bits per heavy atom. The zero-order chi connectivity index (χ0) is 24.3. The molecule has 0 saturated carbocycles. The highest BCUT2D eigenvalue weighted by Crippen LogP contribution is 2.36. The molecule has 0 radical (unpaired) electrons. The number of piperidine rings is 1. The van der Waals surface area contributed by atoms with Crippen LogP contribution in [0.3, 0.4) is 0 Å². The molecule has 7 heteroatoms. The molecule has 182 valence electrons. The van der Waals surface area contributed by atoms with Gasteiger partial charge in [0.05, 0.1) is 7.11 Å². The molecule has 2 fully saturated rings. The highest BCUT2D eigenvalue weighted by Gasteiger charge is 2.53. The number of methoxy groups -OCH3 is 1. The van der Waals surface area contributed by atoms with Gasteiger partial charge < -0.3 is 20.1 Å². The fourth-order valence-electron chi connectivity index (χ4n) is 5.09. The Kier molecular flexibility index (Phi) is 7.12. The number of hydrogen-bond donors (Lipinski definition) is 2. The van der Waals surface area contributed by atoms with Gasteiger partial charge in [0.2, 0.25) is 11.8 Å². The van der Waals surface area contributed by atoms with E-state index >= 15 is 0 Å². The number of aromatic hydroxyl groups is 1. The van der Waals surface area contributed by atoms with Gasteiger partial charge in [-0.25, -0.2) is 0 Å². The predicted molar refractivity (Wildman–Crippen MR) is 130 cm³/mol. The van der Waals surface area contributed by atoms with Gasteiger partial charge in [-0.3, -0.25) is 14.5 Å². The summed E-state index contributed by atoms with van der Waals surface area (Å²) in [7, 11) is 1.63. The van der Waals surface area contributed by atoms with E-state index < -0.39 is 11.6 Å². The maximum Gasteiger partial charge on any atom is 0.246 e. The number of benzene rings is 2. The first-order chi connectivity index (χ1) is 16.3. The van der Waals surface area contributed by atoms with Crippen LogP contribution in [0.4, 0.5) is 0 Å². The summed E-state index contributed by atoms with van der Waals surface area (Å²) in [5, 5.41) is 12.6. The molecular formula is C27H35N3O4. The first-order valence-corrected chi connectivity index (χ1v) is 12.1. The fraction of sp³-hybridized carbons (Fsp3) is 0.481. The highest BCUT2D eigenvalue weighted by molar-refractivity contribution is 6.00. The van der Waals surface area contributed by atoms with Crippen molar-refractivity contribution in [2.45, 2.75) is 57.8 Å². The van der Waals surface area contributed by atoms with Crippen LogP contribution in [0.1, 0.15) is 44.2 Å². The van der Waals surface area contributed by atoms with Gasteiger partial charge in [0.1, 0.15) is 23.1 Å². The molecule has 2 saturated heterocycles. The topological polar surface area (TPSA) is 82.1 Å². The molecule has 2 aliphatic heterocycles. The Morgan fingerprint density at radius 2 is 1.59 bits per heavy atom. The van der Waals surface area contributed by atoms with Crippen LogP contribution in [-0.2, 0) is 22.7 Å². The lowest BCUT2D eigenvalue weighted by Crippen LogP contribution is -2.72. The number of rotatable bonds is 7. The van der Waals surface area contributed by atoms with E-state index in [-0.39, 0.29) is 17.6 Å². The predicted octanol–water partition coefficient (Wildman–Crippen LogP) is 3.31. The number of phenolic OH excluding ortho intramolecular Hbond substituents is 1. The van der Waals surface area contributed by atoms with Crippen LogP contribution < -0.4 is 10.1 Å². The third-order valence-corrected chi connectivity index (χ3v) is 7.04. The molecule has 7 nitrogen and oxygen atoms in total. The number of nitrogens with one attached hydrogen (secondary N) is 1. The smallest absolute Gasteiger partial charge is 0.246 e. The second kappa shape index (κ2) is 10.1. The van der Waals surface area contributed by atoms with Crippen LogP contribution in [0.15, 0.2) is 48.5 Å². The number of carbonyl (C=O) groups is 2. The minimum Gasteiger partial charge on any atom is -0.508 e. The molecule has 0 bridgehead atoms. The van der Waals surface area contributed by atoms with Crippen molar-refractivity contribution in [3.63, 3.8) is 0 Å². The number of ether oxygens (including phenoxy) is 1. The van der Waals surface area contributed by atoms with Crippen molar-refractivity contribution >= 4 is 11.8 Å². The van der Waals surface area contributed by atoms with E-state index in [9.17, 15) is 14.7 Å². The van der Waals surface area contributed by atoms with Crippen molar-refractivity contribution in [2.24, 2.45) is 5.92 Å². The fourth-order valence-corrected chi connectivity index (χ4v) is 5.09. The average Bonchev–Trinajstić information content (AvgIpc) is 2.83. The quantitative estimate of drug-likeness (QED) is 0.656. The number of carbonyl (C=O) groups excluding carboxylic acids is 2. The normalized spacial score (nSPS) is 20.6. The van der Waals surface area contributed by atoms with E-state index in [1.807, 2.05) is 41.3 Å². The van der Waals surface area contributed by atoms with Crippen molar-refractivity contribution in [2.75, 3.05) is 20.2 Å². The van der Waals surface area contributed by atoms with E-state index in [4.69, 9.17) is 4.74 Å². The van der Waals surface area contributed by atoms with Crippen LogP contribution in [0.25, 0.3) is 0 Å². The molecule has 2 N–H and O–H groups in total. The molecule has 2 aromatic carbocycles. The lowest BCUT2D eigenvalue weighted by molar-refractivity contribution is -0.162. The zero-order valence-electron chi connectivity index (χ0n) is 20.3. The molecule has 1 unspecified atom stereocenters. The Morgan fingerprint density at radius 1 is 1.00 bits per heavy atom. The van der Waals surface area contributed by atoms with Gasteiger partial charge in [-0.15, -0.1) is 0 Å². The Balaban J connectivity index is 1.54. The standard InChI is InChI=1S/C27H35N3O4/c1-19(2)16-24-25(32)30(18-21-6-10-23(34-3)11-7-21)27(26(33)28-24)12-14-29(15-13-27)17-20-4-8-22(31)9-5-20/h4-11,19,24,31H,12-18H2,1-3H3,(H,28,33). The number of likely N-dealkylation sites (tertiary alicyclic amines) is 1. The summed E-state index contributed by atoms with van der Waals surface area (Å²) >= 11 is 0. The molecular weight excluding hydrogens is 430 g/mol. The monoisotopic (exact) mass is 465 g/mol. The van der Waals surface area contributed by atoms with E-state index in [0.29, 0.717) is 31.7 Å². The van der Waals surface area contributed by atoms with Gasteiger partial charge in [-0.2, -0.15) is 0 Å². The number of amides is 2. The maximum atomic E-state index is 13.7. The van der Waals surface area contributed by atoms with Crippen molar-refractivity contribution in [3.8, 4) is 11.5 Å². The number of nitrogens with zero attached hydrogens (tertiary/aromatic N) is 2. The van der Waals surface area contributed by atoms with Gasteiger partial charge in [0, 0.05) is 26.2 Å². The first-order valence-electron chi connectivity index (χ1n) is 12.1. The summed E-state index contributed by atoms with van der Waals surface area (Å²) in [6, 6.07) is 14.5. The van der Waals surface area contributed by atoms with Crippen LogP contribution in [-0.4, -0.2) is 58.5 Å². The third kappa shape index (κ3) is 5.04. The van der Waals surface area contributed by atoms with Gasteiger partial charge >= 0.3 is 0 Å². The molecule has 34 heavy (non-hydrogen) atoms. The van der Waals surface area contributed by atoms with Crippen molar-refractivity contribution in [1.82, 2.24) is 15.1 Å². The minimum atomic E-state index is -0.837. The number of hydrogen-bond acceptors (Lipinski definition) is 5. The van der Waals surface area contributed by atoms with Crippen molar-refractivity contribution < 1.29 is 19.4 Å². The van der Waals surface area contributed by atoms with Crippen molar-refractivity contribution in [3.05, 3.63) is 59.7 Å². The van der Waals surface area contributed by atoms with Crippen molar-refractivity contribution in [1.29, 1.82) is 0 Å². The van der Waals surface area contributed by atoms with E-state index in [1.165, 1.54) is 0 Å². The molecule has 2 heterocycles. The Bertz CT molecular complexity index is 996. The molecule has 2 aliphatic rings. The largest absolute Gasteiger partial charge is 0.508 e. The summed E-state index contributed by atoms with van der Waals surface area (Å²) < 4.78 is 5.27. The molecule has 1 spiro atoms. The maximum absolute atomic E-state index is 13.7. The Hall–Kier alpha value is -3.06. The highest BCUT2D eigenvalue weighted by atomic mass is 16.5. The summed E-state index contributed by atoms with van der Waals surface area (Å²) in [5.41, 5.74) is 1.26. The van der Waals surface area contributed by atoms with E-state index in [0.717, 1.165) is 36.5 Å². The first kappa shape index (κ1) is 24.1. The lowest BCUT2D eigenvalue weighted by Gasteiger charge is -2.52. The average molecular weight is 466 g/mol. The zero-order valence-corrected chi connectivity index (χ0v) is 20.3. The Labute approximate surface area is 201 Å². The second-order valence-electron chi connectivity index (χ2n) is 9.90. The molecule has 2 amide bonds.